The van der Waals surface area contributed by atoms with Gasteiger partial charge in [-0.2, -0.15) is 8.78 Å². The molecule has 1 rings (SSSR count). The summed E-state index contributed by atoms with van der Waals surface area (Å²) in [6, 6.07) is 5.91. The first-order valence-electron chi connectivity index (χ1n) is 4.05. The summed E-state index contributed by atoms with van der Waals surface area (Å²) in [6.45, 7) is -2.85. The quantitative estimate of drug-likeness (QED) is 0.494. The van der Waals surface area contributed by atoms with E-state index in [2.05, 4.69) is 9.73 Å². The van der Waals surface area contributed by atoms with Gasteiger partial charge in [-0.1, -0.05) is 6.07 Å². The van der Waals surface area contributed by atoms with Gasteiger partial charge in [-0.25, -0.2) is 4.99 Å². The van der Waals surface area contributed by atoms with Crippen molar-refractivity contribution in [3.8, 4) is 5.75 Å². The maximum Gasteiger partial charge on any atom is 0.387 e. The minimum atomic E-state index is -2.85. The minimum Gasteiger partial charge on any atom is -0.435 e. The fraction of sp³-hybridized carbons (Fsp3) is 0.222. The number of nitrogens with two attached hydrogens (primary N) is 1. The number of hydrogen-bond acceptors (Lipinski definition) is 2. The second kappa shape index (κ2) is 5.50. The monoisotopic (exact) mass is 234 g/mol. The lowest BCUT2D eigenvalue weighted by Crippen LogP contribution is -2.12. The van der Waals surface area contributed by atoms with Gasteiger partial charge in [-0.05, 0) is 12.1 Å². The van der Waals surface area contributed by atoms with Crippen LogP contribution in [0.3, 0.4) is 0 Å². The van der Waals surface area contributed by atoms with Crippen molar-refractivity contribution in [1.82, 2.24) is 0 Å². The number of amidine groups is 1. The highest BCUT2D eigenvalue weighted by molar-refractivity contribution is 6.28. The summed E-state index contributed by atoms with van der Waals surface area (Å²) in [5, 5.41) is 0. The zero-order valence-electron chi connectivity index (χ0n) is 7.66. The van der Waals surface area contributed by atoms with E-state index in [1.807, 2.05) is 0 Å². The number of benzene rings is 1. The lowest BCUT2D eigenvalue weighted by atomic mass is 10.3. The lowest BCUT2D eigenvalue weighted by Gasteiger charge is -2.04. The van der Waals surface area contributed by atoms with Crippen molar-refractivity contribution in [2.45, 2.75) is 6.61 Å². The molecular formula is C9H9ClF2N2O. The van der Waals surface area contributed by atoms with Gasteiger partial charge in [0, 0.05) is 6.07 Å². The standard InChI is InChI=1S/C9H9ClF2N2O/c10-5-8(13)14-6-2-1-3-7(4-6)15-9(11)12/h1-4,9H,5H2,(H2,13,14). The third kappa shape index (κ3) is 4.12. The lowest BCUT2D eigenvalue weighted by molar-refractivity contribution is -0.0498. The normalized spacial score (nSPS) is 11.9. The smallest absolute Gasteiger partial charge is 0.387 e. The van der Waals surface area contributed by atoms with Crippen molar-refractivity contribution in [2.75, 3.05) is 5.88 Å². The van der Waals surface area contributed by atoms with Gasteiger partial charge in [0.15, 0.2) is 0 Å². The highest BCUT2D eigenvalue weighted by Crippen LogP contribution is 2.21. The highest BCUT2D eigenvalue weighted by Gasteiger charge is 2.04. The average molecular weight is 235 g/mol. The van der Waals surface area contributed by atoms with Crippen molar-refractivity contribution in [1.29, 1.82) is 0 Å². The Morgan fingerprint density at radius 3 is 2.87 bits per heavy atom. The molecule has 0 radical (unpaired) electrons. The van der Waals surface area contributed by atoms with Gasteiger partial charge in [0.2, 0.25) is 0 Å². The average Bonchev–Trinajstić information content (AvgIpc) is 2.17. The van der Waals surface area contributed by atoms with Crippen LogP contribution in [-0.2, 0) is 0 Å². The number of aliphatic imine (C=N–C) groups is 1. The first kappa shape index (κ1) is 11.7. The van der Waals surface area contributed by atoms with Crippen LogP contribution >= 0.6 is 11.6 Å². The van der Waals surface area contributed by atoms with Crippen molar-refractivity contribution >= 4 is 23.1 Å². The molecule has 0 unspecified atom stereocenters. The van der Waals surface area contributed by atoms with Crippen LogP contribution in [-0.4, -0.2) is 18.3 Å². The van der Waals surface area contributed by atoms with Crippen LogP contribution in [0, 0.1) is 0 Å². The molecule has 0 amide bonds. The number of nitrogens with zero attached hydrogens (tertiary/aromatic N) is 1. The van der Waals surface area contributed by atoms with Gasteiger partial charge >= 0.3 is 6.61 Å². The Bertz CT molecular complexity index is 358. The maximum absolute atomic E-state index is 11.9. The molecule has 15 heavy (non-hydrogen) atoms. The number of rotatable bonds is 4. The molecule has 2 N–H and O–H groups in total. The Kier molecular flexibility index (Phi) is 4.30. The fourth-order valence-electron chi connectivity index (χ4n) is 0.925. The van der Waals surface area contributed by atoms with E-state index >= 15 is 0 Å². The molecule has 1 aromatic carbocycles. The number of ether oxygens (including phenoxy) is 1. The number of hydrogen-bond donors (Lipinski definition) is 1. The zero-order valence-corrected chi connectivity index (χ0v) is 8.42. The molecule has 0 aliphatic rings. The van der Waals surface area contributed by atoms with E-state index in [9.17, 15) is 8.78 Å². The molecule has 0 fully saturated rings. The summed E-state index contributed by atoms with van der Waals surface area (Å²) in [5.74, 6) is 0.333. The van der Waals surface area contributed by atoms with Crippen molar-refractivity contribution in [2.24, 2.45) is 10.7 Å². The van der Waals surface area contributed by atoms with E-state index in [1.54, 1.807) is 6.07 Å². The molecule has 82 valence electrons. The van der Waals surface area contributed by atoms with Gasteiger partial charge in [-0.15, -0.1) is 11.6 Å². The Labute approximate surface area is 90.5 Å². The van der Waals surface area contributed by atoms with Crippen molar-refractivity contribution in [3.63, 3.8) is 0 Å². The topological polar surface area (TPSA) is 47.6 Å². The Morgan fingerprint density at radius 2 is 2.27 bits per heavy atom. The molecule has 0 heterocycles. The predicted octanol–water partition coefficient (Wildman–Crippen LogP) is 2.52. The molecule has 0 saturated carbocycles. The van der Waals surface area contributed by atoms with Gasteiger partial charge in [0.1, 0.15) is 11.6 Å². The van der Waals surface area contributed by atoms with Gasteiger partial charge in [-0.3, -0.25) is 0 Å². The predicted molar refractivity (Wildman–Crippen MR) is 55.1 cm³/mol. The van der Waals surface area contributed by atoms with Crippen LogP contribution in [0.1, 0.15) is 0 Å². The molecule has 3 nitrogen and oxygen atoms in total. The first-order chi connectivity index (χ1) is 7.11. The fourth-order valence-corrected chi connectivity index (χ4v) is 0.985. The van der Waals surface area contributed by atoms with Gasteiger partial charge < -0.3 is 10.5 Å². The molecule has 0 atom stereocenters. The highest BCUT2D eigenvalue weighted by atomic mass is 35.5. The summed E-state index contributed by atoms with van der Waals surface area (Å²) < 4.78 is 27.9. The van der Waals surface area contributed by atoms with Gasteiger partial charge in [0.05, 0.1) is 11.6 Å². The molecular weight excluding hydrogens is 226 g/mol. The van der Waals surface area contributed by atoms with Crippen LogP contribution in [0.15, 0.2) is 29.3 Å². The van der Waals surface area contributed by atoms with E-state index < -0.39 is 6.61 Å². The second-order valence-corrected chi connectivity index (χ2v) is 2.88. The molecule has 0 aromatic heterocycles. The SMILES string of the molecule is NC(CCl)=Nc1cccc(OC(F)F)c1. The molecule has 1 aromatic rings. The maximum atomic E-state index is 11.9. The summed E-state index contributed by atoms with van der Waals surface area (Å²) in [7, 11) is 0. The number of alkyl halides is 3. The van der Waals surface area contributed by atoms with Crippen molar-refractivity contribution < 1.29 is 13.5 Å². The molecule has 0 aliphatic heterocycles. The van der Waals surface area contributed by atoms with Crippen LogP contribution in [0.5, 0.6) is 5.75 Å². The number of halogens is 3. The van der Waals surface area contributed by atoms with E-state index in [4.69, 9.17) is 17.3 Å². The van der Waals surface area contributed by atoms with E-state index in [1.165, 1.54) is 18.2 Å². The largest absolute Gasteiger partial charge is 0.435 e. The Hall–Kier alpha value is -1.36. The van der Waals surface area contributed by atoms with E-state index in [0.29, 0.717) is 5.69 Å². The molecule has 0 bridgehead atoms. The third-order valence-electron chi connectivity index (χ3n) is 1.45. The molecule has 6 heteroatoms. The third-order valence-corrected chi connectivity index (χ3v) is 1.73. The zero-order chi connectivity index (χ0) is 11.3. The minimum absolute atomic E-state index is 0.0358. The molecule has 0 aliphatic carbocycles. The van der Waals surface area contributed by atoms with Crippen LogP contribution in [0.4, 0.5) is 14.5 Å². The second-order valence-electron chi connectivity index (χ2n) is 2.61. The Balaban J connectivity index is 2.83. The van der Waals surface area contributed by atoms with Crippen LogP contribution in [0.25, 0.3) is 0 Å². The Morgan fingerprint density at radius 1 is 1.53 bits per heavy atom. The van der Waals surface area contributed by atoms with Gasteiger partial charge in [0.25, 0.3) is 0 Å². The summed E-state index contributed by atoms with van der Waals surface area (Å²) >= 11 is 5.42. The van der Waals surface area contributed by atoms with E-state index in [-0.39, 0.29) is 17.5 Å². The molecule has 0 spiro atoms. The van der Waals surface area contributed by atoms with Crippen molar-refractivity contribution in [3.05, 3.63) is 24.3 Å². The summed E-state index contributed by atoms with van der Waals surface area (Å²) in [5.41, 5.74) is 5.81. The van der Waals surface area contributed by atoms with E-state index in [0.717, 1.165) is 0 Å². The van der Waals surface area contributed by atoms with Crippen LogP contribution in [0.2, 0.25) is 0 Å². The first-order valence-corrected chi connectivity index (χ1v) is 4.59. The summed E-state index contributed by atoms with van der Waals surface area (Å²) in [6.07, 6.45) is 0. The molecule has 0 saturated heterocycles. The van der Waals surface area contributed by atoms with Crippen LogP contribution < -0.4 is 10.5 Å². The summed E-state index contributed by atoms with van der Waals surface area (Å²) in [4.78, 5) is 3.88.